The van der Waals surface area contributed by atoms with Gasteiger partial charge < -0.3 is 5.73 Å². The quantitative estimate of drug-likeness (QED) is 0.528. The standard InChI is InChI=1S/C14H23NOS/c1-4-6-8-9-11-13(10-7-5-2)17-12(3)14(15)16/h5,7,9-12H,4,6,8H2,1-3H3,(H2,15,16)/b7-5+,11-9+,13-10-. The van der Waals surface area contributed by atoms with E-state index in [0.29, 0.717) is 0 Å². The number of hydrogen-bond acceptors (Lipinski definition) is 2. The molecule has 0 radical (unpaired) electrons. The third-order valence-corrected chi connectivity index (χ3v) is 3.30. The summed E-state index contributed by atoms with van der Waals surface area (Å²) in [5.41, 5.74) is 5.26. The predicted molar refractivity (Wildman–Crippen MR) is 77.8 cm³/mol. The Kier molecular flexibility index (Phi) is 9.63. The number of hydrogen-bond donors (Lipinski definition) is 1. The molecule has 0 spiro atoms. The number of allylic oxidation sites excluding steroid dienone is 5. The molecular weight excluding hydrogens is 230 g/mol. The maximum Gasteiger partial charge on any atom is 0.230 e. The van der Waals surface area contributed by atoms with Gasteiger partial charge in [-0.1, -0.05) is 44.1 Å². The molecule has 0 saturated heterocycles. The molecule has 2 nitrogen and oxygen atoms in total. The first-order valence-electron chi connectivity index (χ1n) is 6.07. The fraction of sp³-hybridized carbons (Fsp3) is 0.500. The molecule has 0 aromatic rings. The van der Waals surface area contributed by atoms with E-state index in [9.17, 15) is 4.79 Å². The summed E-state index contributed by atoms with van der Waals surface area (Å²) in [6.45, 7) is 5.97. The van der Waals surface area contributed by atoms with Crippen molar-refractivity contribution in [2.75, 3.05) is 0 Å². The molecule has 2 N–H and O–H groups in total. The van der Waals surface area contributed by atoms with Crippen LogP contribution in [0.2, 0.25) is 0 Å². The summed E-state index contributed by atoms with van der Waals surface area (Å²) >= 11 is 1.50. The van der Waals surface area contributed by atoms with E-state index in [1.165, 1.54) is 24.6 Å². The van der Waals surface area contributed by atoms with Crippen LogP contribution in [0.5, 0.6) is 0 Å². The molecule has 1 unspecified atom stereocenters. The van der Waals surface area contributed by atoms with Crippen LogP contribution in [-0.4, -0.2) is 11.2 Å². The smallest absolute Gasteiger partial charge is 0.230 e. The average molecular weight is 253 g/mol. The first-order valence-corrected chi connectivity index (χ1v) is 6.95. The molecule has 0 bridgehead atoms. The van der Waals surface area contributed by atoms with Gasteiger partial charge in [0, 0.05) is 4.91 Å². The van der Waals surface area contributed by atoms with Crippen LogP contribution in [0.1, 0.15) is 40.0 Å². The van der Waals surface area contributed by atoms with Crippen molar-refractivity contribution in [3.8, 4) is 0 Å². The number of carbonyl (C=O) groups is 1. The largest absolute Gasteiger partial charge is 0.369 e. The molecule has 0 aliphatic rings. The van der Waals surface area contributed by atoms with E-state index in [-0.39, 0.29) is 11.2 Å². The molecule has 96 valence electrons. The van der Waals surface area contributed by atoms with Crippen LogP contribution in [0.4, 0.5) is 0 Å². The highest BCUT2D eigenvalue weighted by molar-refractivity contribution is 8.04. The maximum absolute atomic E-state index is 11.0. The Morgan fingerprint density at radius 1 is 1.47 bits per heavy atom. The SMILES string of the molecule is C/C=C/C=C(/C=C/CCCC)SC(C)C(N)=O. The molecule has 1 amide bonds. The number of amides is 1. The van der Waals surface area contributed by atoms with Gasteiger partial charge in [-0.25, -0.2) is 0 Å². The zero-order valence-corrected chi connectivity index (χ0v) is 11.8. The summed E-state index contributed by atoms with van der Waals surface area (Å²) < 4.78 is 0. The lowest BCUT2D eigenvalue weighted by atomic mass is 10.2. The van der Waals surface area contributed by atoms with Crippen LogP contribution < -0.4 is 5.73 Å². The predicted octanol–water partition coefficient (Wildman–Crippen LogP) is 3.80. The first-order chi connectivity index (χ1) is 8.11. The summed E-state index contributed by atoms with van der Waals surface area (Å²) in [5, 5.41) is -0.192. The second kappa shape index (κ2) is 10.2. The van der Waals surface area contributed by atoms with Gasteiger partial charge >= 0.3 is 0 Å². The van der Waals surface area contributed by atoms with Gasteiger partial charge in [-0.2, -0.15) is 0 Å². The van der Waals surface area contributed by atoms with Gasteiger partial charge in [0.1, 0.15) is 0 Å². The Morgan fingerprint density at radius 2 is 2.18 bits per heavy atom. The van der Waals surface area contributed by atoms with Gasteiger partial charge in [0.25, 0.3) is 0 Å². The Hall–Kier alpha value is -0.960. The van der Waals surface area contributed by atoms with E-state index in [4.69, 9.17) is 5.73 Å². The maximum atomic E-state index is 11.0. The van der Waals surface area contributed by atoms with Gasteiger partial charge in [-0.3, -0.25) is 4.79 Å². The van der Waals surface area contributed by atoms with E-state index in [1.54, 1.807) is 0 Å². The summed E-state index contributed by atoms with van der Waals surface area (Å²) in [6.07, 6.45) is 13.6. The summed E-state index contributed by atoms with van der Waals surface area (Å²) in [7, 11) is 0. The van der Waals surface area contributed by atoms with Crippen molar-refractivity contribution >= 4 is 17.7 Å². The van der Waals surface area contributed by atoms with E-state index < -0.39 is 0 Å². The van der Waals surface area contributed by atoms with Crippen molar-refractivity contribution in [3.05, 3.63) is 35.3 Å². The molecule has 0 aromatic carbocycles. The molecule has 0 aliphatic carbocycles. The van der Waals surface area contributed by atoms with Crippen LogP contribution in [-0.2, 0) is 4.79 Å². The Morgan fingerprint density at radius 3 is 2.71 bits per heavy atom. The molecule has 1 atom stereocenters. The van der Waals surface area contributed by atoms with Crippen molar-refractivity contribution in [2.45, 2.75) is 45.3 Å². The van der Waals surface area contributed by atoms with Crippen LogP contribution in [0.15, 0.2) is 35.3 Å². The Balaban J connectivity index is 4.44. The van der Waals surface area contributed by atoms with Crippen LogP contribution in [0.3, 0.4) is 0 Å². The second-order valence-electron chi connectivity index (χ2n) is 3.80. The Labute approximate surface area is 109 Å². The lowest BCUT2D eigenvalue weighted by Crippen LogP contribution is -2.22. The lowest BCUT2D eigenvalue weighted by molar-refractivity contribution is -0.117. The van der Waals surface area contributed by atoms with Crippen LogP contribution in [0, 0.1) is 0 Å². The summed E-state index contributed by atoms with van der Waals surface area (Å²) in [4.78, 5) is 12.1. The minimum Gasteiger partial charge on any atom is -0.369 e. The number of thioether (sulfide) groups is 1. The molecule has 0 aliphatic heterocycles. The number of unbranched alkanes of at least 4 members (excludes halogenated alkanes) is 2. The molecule has 0 fully saturated rings. The highest BCUT2D eigenvalue weighted by atomic mass is 32.2. The zero-order valence-electron chi connectivity index (χ0n) is 11.0. The number of rotatable bonds is 8. The highest BCUT2D eigenvalue weighted by Crippen LogP contribution is 2.23. The fourth-order valence-corrected chi connectivity index (χ4v) is 1.97. The van der Waals surface area contributed by atoms with Gasteiger partial charge in [-0.05, 0) is 26.3 Å². The van der Waals surface area contributed by atoms with E-state index in [1.807, 2.05) is 32.1 Å². The normalized spacial score (nSPS) is 14.6. The van der Waals surface area contributed by atoms with Gasteiger partial charge in [-0.15, -0.1) is 11.8 Å². The van der Waals surface area contributed by atoms with Crippen molar-refractivity contribution in [1.29, 1.82) is 0 Å². The lowest BCUT2D eigenvalue weighted by Gasteiger charge is -2.07. The Bertz CT molecular complexity index is 305. The molecule has 0 saturated carbocycles. The molecule has 0 aromatic heterocycles. The summed E-state index contributed by atoms with van der Waals surface area (Å²) in [6, 6.07) is 0. The third kappa shape index (κ3) is 8.81. The zero-order chi connectivity index (χ0) is 13.1. The topological polar surface area (TPSA) is 43.1 Å². The molecular formula is C14H23NOS. The van der Waals surface area contributed by atoms with Crippen LogP contribution >= 0.6 is 11.8 Å². The molecule has 3 heteroatoms. The number of primary amides is 1. The number of carbonyl (C=O) groups excluding carboxylic acids is 1. The van der Waals surface area contributed by atoms with Gasteiger partial charge in [0.2, 0.25) is 5.91 Å². The van der Waals surface area contributed by atoms with Crippen molar-refractivity contribution in [3.63, 3.8) is 0 Å². The first kappa shape index (κ1) is 16.0. The van der Waals surface area contributed by atoms with Crippen molar-refractivity contribution in [1.82, 2.24) is 0 Å². The molecule has 0 rings (SSSR count). The van der Waals surface area contributed by atoms with E-state index >= 15 is 0 Å². The average Bonchev–Trinajstić information content (AvgIpc) is 2.30. The van der Waals surface area contributed by atoms with E-state index in [0.717, 1.165) is 11.3 Å². The monoisotopic (exact) mass is 253 g/mol. The minimum absolute atomic E-state index is 0.192. The third-order valence-electron chi connectivity index (χ3n) is 2.17. The van der Waals surface area contributed by atoms with Gasteiger partial charge in [0.05, 0.1) is 5.25 Å². The van der Waals surface area contributed by atoms with E-state index in [2.05, 4.69) is 19.1 Å². The van der Waals surface area contributed by atoms with Crippen molar-refractivity contribution < 1.29 is 4.79 Å². The number of nitrogens with two attached hydrogens (primary N) is 1. The summed E-state index contributed by atoms with van der Waals surface area (Å²) in [5.74, 6) is -0.275. The van der Waals surface area contributed by atoms with Crippen LogP contribution in [0.25, 0.3) is 0 Å². The highest BCUT2D eigenvalue weighted by Gasteiger charge is 2.09. The fourth-order valence-electron chi connectivity index (χ4n) is 1.11. The van der Waals surface area contributed by atoms with Gasteiger partial charge in [0.15, 0.2) is 0 Å². The van der Waals surface area contributed by atoms with Crippen molar-refractivity contribution in [2.24, 2.45) is 5.73 Å². The second-order valence-corrected chi connectivity index (χ2v) is 5.22. The molecule has 0 heterocycles. The minimum atomic E-state index is -0.275. The molecule has 17 heavy (non-hydrogen) atoms.